The van der Waals surface area contributed by atoms with Crippen LogP contribution in [0.5, 0.6) is 0 Å². The van der Waals surface area contributed by atoms with Crippen LogP contribution in [-0.2, 0) is 16.2 Å². The first kappa shape index (κ1) is 25.1. The smallest absolute Gasteiger partial charge is 0.353 e. The van der Waals surface area contributed by atoms with Crippen molar-refractivity contribution in [2.24, 2.45) is 0 Å². The van der Waals surface area contributed by atoms with Crippen LogP contribution >= 0.6 is 0 Å². The van der Waals surface area contributed by atoms with Gasteiger partial charge in [0.15, 0.2) is 0 Å². The van der Waals surface area contributed by atoms with Crippen LogP contribution in [0.2, 0.25) is 0 Å². The van der Waals surface area contributed by atoms with Crippen molar-refractivity contribution < 1.29 is 30.9 Å². The molecule has 1 aromatic carbocycles. The fourth-order valence-electron chi connectivity index (χ4n) is 4.33. The molecule has 37 heavy (non-hydrogen) atoms. The monoisotopic (exact) mass is 536 g/mol. The highest BCUT2D eigenvalue weighted by Crippen LogP contribution is 2.29. The first-order valence-corrected chi connectivity index (χ1v) is 13.1. The number of anilines is 1. The molecule has 0 atom stereocenters. The number of piperazine rings is 1. The number of benzene rings is 1. The Labute approximate surface area is 210 Å². The van der Waals surface area contributed by atoms with Crippen LogP contribution in [0, 0.1) is 0 Å². The van der Waals surface area contributed by atoms with Crippen LogP contribution in [-0.4, -0.2) is 77.9 Å². The molecule has 2 fully saturated rings. The van der Waals surface area contributed by atoms with Crippen molar-refractivity contribution >= 4 is 21.7 Å². The van der Waals surface area contributed by atoms with Crippen LogP contribution in [0.25, 0.3) is 11.4 Å². The maximum atomic E-state index is 13.0. The Hall–Kier alpha value is -3.52. The van der Waals surface area contributed by atoms with Gasteiger partial charge in [0, 0.05) is 56.6 Å². The molecule has 14 heteroatoms. The molecule has 0 N–H and O–H groups in total. The second-order valence-corrected chi connectivity index (χ2v) is 10.7. The topological polar surface area (TPSA) is 113 Å². The number of nitrogens with zero attached hydrogens (tertiary/aromatic N) is 6. The van der Waals surface area contributed by atoms with E-state index in [-0.39, 0.29) is 22.2 Å². The Morgan fingerprint density at radius 2 is 1.59 bits per heavy atom. The molecule has 0 saturated carbocycles. The molecule has 2 saturated heterocycles. The SMILES string of the molecule is O=C(c1ccc(S(=O)(=O)N2CCCC2)cc1)N1CCN(c2ccc(-c3noc(C(F)(F)F)n3)cn2)CC1. The van der Waals surface area contributed by atoms with Gasteiger partial charge in [-0.15, -0.1) is 0 Å². The van der Waals surface area contributed by atoms with E-state index in [4.69, 9.17) is 0 Å². The average Bonchev–Trinajstić information content (AvgIpc) is 3.62. The normalized spacial score (nSPS) is 17.4. The lowest BCUT2D eigenvalue weighted by molar-refractivity contribution is -0.159. The highest BCUT2D eigenvalue weighted by molar-refractivity contribution is 7.89. The van der Waals surface area contributed by atoms with E-state index in [1.54, 1.807) is 29.2 Å². The van der Waals surface area contributed by atoms with Gasteiger partial charge in [0.1, 0.15) is 5.82 Å². The number of carbonyl (C=O) groups excluding carboxylic acids is 1. The molecule has 0 aliphatic carbocycles. The van der Waals surface area contributed by atoms with Gasteiger partial charge in [-0.2, -0.15) is 22.5 Å². The quantitative estimate of drug-likeness (QED) is 0.489. The fraction of sp³-hybridized carbons (Fsp3) is 0.391. The first-order valence-electron chi connectivity index (χ1n) is 11.6. The summed E-state index contributed by atoms with van der Waals surface area (Å²) in [5, 5.41) is 3.35. The highest BCUT2D eigenvalue weighted by atomic mass is 32.2. The number of hydrogen-bond donors (Lipinski definition) is 0. The average molecular weight is 537 g/mol. The third kappa shape index (κ3) is 5.16. The van der Waals surface area contributed by atoms with Crippen molar-refractivity contribution in [2.75, 3.05) is 44.2 Å². The van der Waals surface area contributed by atoms with Crippen molar-refractivity contribution in [1.82, 2.24) is 24.3 Å². The molecule has 5 rings (SSSR count). The predicted molar refractivity (Wildman–Crippen MR) is 125 cm³/mol. The van der Waals surface area contributed by atoms with Gasteiger partial charge < -0.3 is 14.3 Å². The molecule has 0 radical (unpaired) electrons. The number of halogens is 3. The number of pyridine rings is 1. The summed E-state index contributed by atoms with van der Waals surface area (Å²) in [6, 6.07) is 9.24. The summed E-state index contributed by atoms with van der Waals surface area (Å²) < 4.78 is 69.1. The summed E-state index contributed by atoms with van der Waals surface area (Å²) in [6.07, 6.45) is -1.65. The van der Waals surface area contributed by atoms with E-state index < -0.39 is 22.1 Å². The fourth-order valence-corrected chi connectivity index (χ4v) is 5.85. The van der Waals surface area contributed by atoms with E-state index in [0.717, 1.165) is 12.8 Å². The van der Waals surface area contributed by atoms with Crippen LogP contribution in [0.1, 0.15) is 29.1 Å². The van der Waals surface area contributed by atoms with E-state index in [1.165, 1.54) is 22.6 Å². The predicted octanol–water partition coefficient (Wildman–Crippen LogP) is 2.90. The number of alkyl halides is 3. The lowest BCUT2D eigenvalue weighted by Gasteiger charge is -2.35. The molecule has 2 aromatic heterocycles. The minimum atomic E-state index is -4.72. The second kappa shape index (κ2) is 9.74. The van der Waals surface area contributed by atoms with E-state index in [0.29, 0.717) is 50.6 Å². The maximum Gasteiger partial charge on any atom is 0.471 e. The largest absolute Gasteiger partial charge is 0.471 e. The van der Waals surface area contributed by atoms with Gasteiger partial charge in [-0.05, 0) is 49.2 Å². The third-order valence-electron chi connectivity index (χ3n) is 6.37. The number of hydrogen-bond acceptors (Lipinski definition) is 8. The zero-order valence-corrected chi connectivity index (χ0v) is 20.4. The molecule has 0 unspecified atom stereocenters. The molecule has 2 aliphatic heterocycles. The van der Waals surface area contributed by atoms with E-state index in [2.05, 4.69) is 19.6 Å². The summed E-state index contributed by atoms with van der Waals surface area (Å²) in [6.45, 7) is 2.88. The molecule has 0 spiro atoms. The van der Waals surface area contributed by atoms with Gasteiger partial charge in [0.25, 0.3) is 5.91 Å². The molecule has 2 aliphatic rings. The first-order chi connectivity index (χ1) is 17.6. The van der Waals surface area contributed by atoms with Crippen LogP contribution in [0.3, 0.4) is 0 Å². The van der Waals surface area contributed by atoms with Crippen LogP contribution in [0.15, 0.2) is 52.0 Å². The highest BCUT2D eigenvalue weighted by Gasteiger charge is 2.38. The number of sulfonamides is 1. The van der Waals surface area contributed by atoms with Crippen molar-refractivity contribution in [3.8, 4) is 11.4 Å². The minimum absolute atomic E-state index is 0.181. The van der Waals surface area contributed by atoms with Crippen LogP contribution < -0.4 is 4.90 Å². The van der Waals surface area contributed by atoms with E-state index >= 15 is 0 Å². The Morgan fingerprint density at radius 3 is 2.16 bits per heavy atom. The standard InChI is InChI=1S/C23H23F3N6O4S/c24-23(25,26)22-28-20(29-36-22)17-5-8-19(27-15-17)30-11-13-31(14-12-30)21(33)16-3-6-18(7-4-16)37(34,35)32-9-1-2-10-32/h3-8,15H,1-2,9-14H2. The van der Waals surface area contributed by atoms with Gasteiger partial charge in [-0.3, -0.25) is 4.79 Å². The molecular weight excluding hydrogens is 513 g/mol. The van der Waals surface area contributed by atoms with Crippen molar-refractivity contribution in [3.63, 3.8) is 0 Å². The molecule has 4 heterocycles. The van der Waals surface area contributed by atoms with Gasteiger partial charge in [0.05, 0.1) is 4.90 Å². The summed E-state index contributed by atoms with van der Waals surface area (Å²) >= 11 is 0. The summed E-state index contributed by atoms with van der Waals surface area (Å²) in [4.78, 5) is 24.4. The Morgan fingerprint density at radius 1 is 0.919 bits per heavy atom. The van der Waals surface area contributed by atoms with Gasteiger partial charge in [-0.1, -0.05) is 5.16 Å². The molecule has 0 bridgehead atoms. The molecule has 196 valence electrons. The number of rotatable bonds is 5. The third-order valence-corrected chi connectivity index (χ3v) is 8.28. The minimum Gasteiger partial charge on any atom is -0.353 e. The summed E-state index contributed by atoms with van der Waals surface area (Å²) in [5.41, 5.74) is 0.696. The Bertz CT molecular complexity index is 1360. The number of carbonyl (C=O) groups is 1. The van der Waals surface area contributed by atoms with Crippen LogP contribution in [0.4, 0.5) is 19.0 Å². The lowest BCUT2D eigenvalue weighted by atomic mass is 10.2. The van der Waals surface area contributed by atoms with Crippen molar-refractivity contribution in [1.29, 1.82) is 0 Å². The van der Waals surface area contributed by atoms with Gasteiger partial charge >= 0.3 is 12.1 Å². The van der Waals surface area contributed by atoms with E-state index in [9.17, 15) is 26.4 Å². The second-order valence-electron chi connectivity index (χ2n) is 8.74. The van der Waals surface area contributed by atoms with Gasteiger partial charge in [0.2, 0.25) is 15.8 Å². The summed E-state index contributed by atoms with van der Waals surface area (Å²) in [5.74, 6) is -1.21. The zero-order chi connectivity index (χ0) is 26.2. The number of amides is 1. The van der Waals surface area contributed by atoms with Gasteiger partial charge in [-0.25, -0.2) is 13.4 Å². The maximum absolute atomic E-state index is 13.0. The molecule has 10 nitrogen and oxygen atoms in total. The Balaban J connectivity index is 1.19. The molecular formula is C23H23F3N6O4S. The van der Waals surface area contributed by atoms with Crippen molar-refractivity contribution in [2.45, 2.75) is 23.9 Å². The molecule has 3 aromatic rings. The summed E-state index contributed by atoms with van der Waals surface area (Å²) in [7, 11) is -3.54. The number of aromatic nitrogens is 3. The van der Waals surface area contributed by atoms with Crippen molar-refractivity contribution in [3.05, 3.63) is 54.0 Å². The zero-order valence-electron chi connectivity index (χ0n) is 19.6. The Kier molecular flexibility index (Phi) is 6.62. The molecule has 1 amide bonds. The lowest BCUT2D eigenvalue weighted by Crippen LogP contribution is -2.49. The van der Waals surface area contributed by atoms with E-state index in [1.807, 2.05) is 4.90 Å².